The van der Waals surface area contributed by atoms with Gasteiger partial charge in [-0.05, 0) is 36.8 Å². The summed E-state index contributed by atoms with van der Waals surface area (Å²) in [6, 6.07) is 11.0. The Morgan fingerprint density at radius 3 is 2.48 bits per heavy atom. The Morgan fingerprint density at radius 1 is 1.07 bits per heavy atom. The average Bonchev–Trinajstić information content (AvgIpc) is 2.80. The molecule has 0 radical (unpaired) electrons. The van der Waals surface area contributed by atoms with Gasteiger partial charge in [-0.15, -0.1) is 0 Å². The quantitative estimate of drug-likeness (QED) is 0.799. The summed E-state index contributed by atoms with van der Waals surface area (Å²) in [7, 11) is -3.59. The summed E-state index contributed by atoms with van der Waals surface area (Å²) in [5.41, 5.74) is 0.134. The van der Waals surface area contributed by atoms with E-state index >= 15 is 0 Å². The van der Waals surface area contributed by atoms with E-state index in [-0.39, 0.29) is 43.3 Å². The molecule has 2 aromatic rings. The van der Waals surface area contributed by atoms with Crippen molar-refractivity contribution in [3.63, 3.8) is 0 Å². The highest BCUT2D eigenvalue weighted by Crippen LogP contribution is 2.31. The van der Waals surface area contributed by atoms with Crippen LogP contribution in [0.3, 0.4) is 0 Å². The number of rotatable bonds is 4. The molecule has 1 aliphatic rings. The lowest BCUT2D eigenvalue weighted by Crippen LogP contribution is -2.37. The summed E-state index contributed by atoms with van der Waals surface area (Å²) in [6.45, 7) is -0.0707. The minimum Gasteiger partial charge on any atom is -0.484 e. The van der Waals surface area contributed by atoms with Crippen molar-refractivity contribution in [3.8, 4) is 5.75 Å². The van der Waals surface area contributed by atoms with Gasteiger partial charge >= 0.3 is 0 Å². The number of hydrogen-bond donors (Lipinski definition) is 0. The molecule has 0 aromatic heterocycles. The number of halogens is 2. The summed E-state index contributed by atoms with van der Waals surface area (Å²) >= 11 is 0. The Balaban J connectivity index is 1.67. The van der Waals surface area contributed by atoms with Crippen LogP contribution in [0.25, 0.3) is 0 Å². The number of amides is 1. The molecule has 0 spiro atoms. The van der Waals surface area contributed by atoms with Gasteiger partial charge in [-0.3, -0.25) is 4.79 Å². The van der Waals surface area contributed by atoms with Crippen LogP contribution in [-0.4, -0.2) is 44.7 Å². The fourth-order valence-corrected chi connectivity index (χ4v) is 4.85. The summed E-state index contributed by atoms with van der Waals surface area (Å²) in [5, 5.41) is -0.977. The van der Waals surface area contributed by atoms with Gasteiger partial charge in [0.15, 0.2) is 16.4 Å². The van der Waals surface area contributed by atoms with E-state index in [1.807, 2.05) is 0 Å². The number of benzene rings is 2. The van der Waals surface area contributed by atoms with Crippen LogP contribution in [0.15, 0.2) is 48.5 Å². The second-order valence-electron chi connectivity index (χ2n) is 6.29. The third-order valence-corrected chi connectivity index (χ3v) is 6.63. The topological polar surface area (TPSA) is 63.7 Å². The number of carbonyl (C=O) groups excluding carboxylic acids is 1. The molecule has 144 valence electrons. The zero-order valence-electron chi connectivity index (χ0n) is 14.5. The standard InChI is InChI=1S/C19H19F2NO4S/c20-14-5-7-15(8-6-14)26-13-19(23)22-10-9-18(27(24,25)12-11-22)16-3-1-2-4-17(16)21/h1-8,18H,9-13H2/t18-/m1/s1. The molecule has 0 unspecified atom stereocenters. The molecule has 1 heterocycles. The summed E-state index contributed by atoms with van der Waals surface area (Å²) in [6.07, 6.45) is 0.117. The molecule has 0 N–H and O–H groups in total. The first-order valence-electron chi connectivity index (χ1n) is 8.49. The van der Waals surface area contributed by atoms with Crippen molar-refractivity contribution in [2.24, 2.45) is 0 Å². The van der Waals surface area contributed by atoms with Crippen LogP contribution >= 0.6 is 0 Å². The van der Waals surface area contributed by atoms with Crippen molar-refractivity contribution in [1.29, 1.82) is 0 Å². The minimum atomic E-state index is -3.59. The molecular formula is C19H19F2NO4S. The van der Waals surface area contributed by atoms with E-state index in [9.17, 15) is 22.0 Å². The second kappa shape index (κ2) is 8.04. The molecule has 8 heteroatoms. The Hall–Kier alpha value is -2.48. The van der Waals surface area contributed by atoms with Gasteiger partial charge in [-0.25, -0.2) is 17.2 Å². The van der Waals surface area contributed by atoms with Gasteiger partial charge in [0.05, 0.1) is 11.0 Å². The zero-order chi connectivity index (χ0) is 19.4. The maximum Gasteiger partial charge on any atom is 0.260 e. The molecule has 1 aliphatic heterocycles. The Morgan fingerprint density at radius 2 is 1.78 bits per heavy atom. The predicted molar refractivity (Wildman–Crippen MR) is 96.0 cm³/mol. The maximum absolute atomic E-state index is 14.1. The van der Waals surface area contributed by atoms with E-state index in [0.717, 1.165) is 0 Å². The van der Waals surface area contributed by atoms with Gasteiger partial charge in [0, 0.05) is 18.7 Å². The molecule has 5 nitrogen and oxygen atoms in total. The van der Waals surface area contributed by atoms with Crippen molar-refractivity contribution in [2.45, 2.75) is 11.7 Å². The van der Waals surface area contributed by atoms with E-state index < -0.39 is 26.7 Å². The first-order chi connectivity index (χ1) is 12.9. The van der Waals surface area contributed by atoms with Crippen LogP contribution in [0, 0.1) is 11.6 Å². The van der Waals surface area contributed by atoms with Crippen molar-refractivity contribution >= 4 is 15.7 Å². The van der Waals surface area contributed by atoms with E-state index in [4.69, 9.17) is 4.74 Å². The second-order valence-corrected chi connectivity index (χ2v) is 8.59. The van der Waals surface area contributed by atoms with Gasteiger partial charge in [0.2, 0.25) is 0 Å². The number of carbonyl (C=O) groups is 1. The number of ether oxygens (including phenoxy) is 1. The predicted octanol–water partition coefficient (Wildman–Crippen LogP) is 2.73. The summed E-state index contributed by atoms with van der Waals surface area (Å²) in [4.78, 5) is 13.8. The Labute approximate surface area is 156 Å². The highest BCUT2D eigenvalue weighted by Gasteiger charge is 2.34. The lowest BCUT2D eigenvalue weighted by Gasteiger charge is -2.20. The van der Waals surface area contributed by atoms with Gasteiger partial charge < -0.3 is 9.64 Å². The van der Waals surface area contributed by atoms with Gasteiger partial charge in [0.25, 0.3) is 5.91 Å². The van der Waals surface area contributed by atoms with E-state index in [2.05, 4.69) is 0 Å². The number of sulfone groups is 1. The Kier molecular flexibility index (Phi) is 5.74. The highest BCUT2D eigenvalue weighted by molar-refractivity contribution is 7.91. The fourth-order valence-electron chi connectivity index (χ4n) is 3.05. The van der Waals surface area contributed by atoms with E-state index in [1.165, 1.54) is 47.4 Å². The van der Waals surface area contributed by atoms with Crippen LogP contribution in [0.1, 0.15) is 17.2 Å². The van der Waals surface area contributed by atoms with Crippen molar-refractivity contribution in [2.75, 3.05) is 25.4 Å². The average molecular weight is 395 g/mol. The van der Waals surface area contributed by atoms with Crippen LogP contribution in [0.5, 0.6) is 5.75 Å². The molecule has 0 bridgehead atoms. The molecule has 3 rings (SSSR count). The minimum absolute atomic E-state index is 0.0267. The molecule has 1 saturated heterocycles. The van der Waals surface area contributed by atoms with Gasteiger partial charge in [-0.1, -0.05) is 18.2 Å². The molecule has 1 amide bonds. The number of hydrogen-bond acceptors (Lipinski definition) is 4. The first-order valence-corrected chi connectivity index (χ1v) is 10.2. The fraction of sp³-hybridized carbons (Fsp3) is 0.316. The van der Waals surface area contributed by atoms with Crippen molar-refractivity contribution in [1.82, 2.24) is 4.90 Å². The molecule has 1 atom stereocenters. The van der Waals surface area contributed by atoms with Gasteiger partial charge in [0.1, 0.15) is 17.4 Å². The zero-order valence-corrected chi connectivity index (χ0v) is 15.3. The third kappa shape index (κ3) is 4.63. The SMILES string of the molecule is O=C(COc1ccc(F)cc1)N1CC[C@H](c2ccccc2F)S(=O)(=O)CC1. The van der Waals surface area contributed by atoms with Crippen LogP contribution in [-0.2, 0) is 14.6 Å². The third-order valence-electron chi connectivity index (χ3n) is 4.52. The molecule has 2 aromatic carbocycles. The van der Waals surface area contributed by atoms with E-state index in [0.29, 0.717) is 5.75 Å². The molecule has 27 heavy (non-hydrogen) atoms. The normalized spacial score (nSPS) is 19.3. The monoisotopic (exact) mass is 395 g/mol. The van der Waals surface area contributed by atoms with Crippen molar-refractivity contribution in [3.05, 3.63) is 65.7 Å². The summed E-state index contributed by atoms with van der Waals surface area (Å²) in [5.74, 6) is -1.25. The highest BCUT2D eigenvalue weighted by atomic mass is 32.2. The molecule has 0 saturated carbocycles. The van der Waals surface area contributed by atoms with Crippen LogP contribution in [0.2, 0.25) is 0 Å². The largest absolute Gasteiger partial charge is 0.484 e. The lowest BCUT2D eigenvalue weighted by molar-refractivity contribution is -0.133. The smallest absolute Gasteiger partial charge is 0.260 e. The molecule has 1 fully saturated rings. The summed E-state index contributed by atoms with van der Waals surface area (Å²) < 4.78 is 57.4. The first kappa shape index (κ1) is 19.3. The maximum atomic E-state index is 14.1. The molecule has 0 aliphatic carbocycles. The van der Waals surface area contributed by atoms with Crippen molar-refractivity contribution < 1.29 is 26.7 Å². The Bertz CT molecular complexity index is 916. The van der Waals surface area contributed by atoms with Crippen LogP contribution in [0.4, 0.5) is 8.78 Å². The van der Waals surface area contributed by atoms with Gasteiger partial charge in [-0.2, -0.15) is 0 Å². The van der Waals surface area contributed by atoms with E-state index in [1.54, 1.807) is 6.07 Å². The number of nitrogens with zero attached hydrogens (tertiary/aromatic N) is 1. The van der Waals surface area contributed by atoms with Crippen LogP contribution < -0.4 is 4.74 Å². The lowest BCUT2D eigenvalue weighted by atomic mass is 10.1. The molecular weight excluding hydrogens is 376 g/mol.